The van der Waals surface area contributed by atoms with Gasteiger partial charge in [-0.2, -0.15) is 0 Å². The molecule has 502 valence electrons. The first-order valence-electron chi connectivity index (χ1n) is 32.2. The average molecular weight is 1300 g/mol. The molecule has 10 rings (SSSR count). The lowest BCUT2D eigenvalue weighted by molar-refractivity contribution is -0.114. The van der Waals surface area contributed by atoms with Gasteiger partial charge in [-0.1, -0.05) is 97.1 Å². The molecule has 6 aromatic rings. The second kappa shape index (κ2) is 34.3. The number of fused-ring (bicyclic) bond motifs is 2. The first kappa shape index (κ1) is 71.0. The van der Waals surface area contributed by atoms with Crippen LogP contribution in [0.2, 0.25) is 0 Å². The maximum atomic E-state index is 13.4. The number of carbonyl (C=O) groups excluding carboxylic acids is 9. The number of aldehydes is 1. The van der Waals surface area contributed by atoms with E-state index in [-0.39, 0.29) is 69.1 Å². The molecular weight excluding hydrogens is 1210 g/mol. The van der Waals surface area contributed by atoms with Gasteiger partial charge in [0.25, 0.3) is 23.6 Å². The summed E-state index contributed by atoms with van der Waals surface area (Å²) < 4.78 is 22.0. The van der Waals surface area contributed by atoms with Gasteiger partial charge in [0.15, 0.2) is 0 Å². The summed E-state index contributed by atoms with van der Waals surface area (Å²) in [5.74, 6) is -0.866. The largest absolute Gasteiger partial charge is 0.445 e. The lowest BCUT2D eigenvalue weighted by Gasteiger charge is -2.43. The molecule has 2 aromatic heterocycles. The standard InChI is InChI=1S/C36H43N5O6.C18H19N3O2.C18H24N2O5/c1-36(2,3)47-35(45)40-22-21-39(34(44)46-26-27-13-5-4-6-14-27)25-29(40)24-38(23-28-15-9-10-18-37-28)19-11-12-20-41-32(42)30-16-7-8-17-31(30)33(41)43;22-17-15-8-1-2-9-16(15)18(23)21(17)12-6-5-10-19-13-14-7-3-4-11-20-14;1-18(2,3)25-17(23)20-10-9-19(11-15(20)12-21)16(22)24-13-14-7-5-4-6-8-14/h4-10,13-18,29H,11-12,19-26H2,1-3H3;1-4,7-9,11,19H,5-6,10,12-13H2;4-8,12,15H,9-11,13H2,1-3H3/t29-;;15-/m0.1/s1. The smallest absolute Gasteiger partial charge is 0.411 e. The van der Waals surface area contributed by atoms with Crippen molar-refractivity contribution in [3.63, 3.8) is 0 Å². The molecule has 1 N–H and O–H groups in total. The van der Waals surface area contributed by atoms with Crippen LogP contribution < -0.4 is 5.32 Å². The van der Waals surface area contributed by atoms with Gasteiger partial charge in [0.2, 0.25) is 0 Å². The van der Waals surface area contributed by atoms with Gasteiger partial charge in [-0.25, -0.2) is 19.2 Å². The molecule has 0 unspecified atom stereocenters. The van der Waals surface area contributed by atoms with Gasteiger partial charge in [0, 0.05) is 77.8 Å². The number of pyridine rings is 2. The Morgan fingerprint density at radius 2 is 0.947 bits per heavy atom. The van der Waals surface area contributed by atoms with Crippen LogP contribution in [0.3, 0.4) is 0 Å². The summed E-state index contributed by atoms with van der Waals surface area (Å²) in [6.07, 6.45) is 5.27. The molecule has 4 aliphatic heterocycles. The number of piperazine rings is 2. The normalized spacial score (nSPS) is 16.1. The maximum Gasteiger partial charge on any atom is 0.411 e. The van der Waals surface area contributed by atoms with E-state index in [1.54, 1.807) is 91.5 Å². The summed E-state index contributed by atoms with van der Waals surface area (Å²) in [6, 6.07) is 43.2. The SMILES string of the molecule is CC(C)(C)OC(=O)N1CCN(C(=O)OCc2ccccc2)C[C@@H]1C=O.CC(C)(C)OC(=O)N1CCN(C(=O)OCc2ccccc2)C[C@@H]1CN(CCCCN1C(=O)c2ccccc2C1=O)Cc1ccccn1.O=C1c2ccccc2C(=O)N1CCCCNCc1ccccn1. The summed E-state index contributed by atoms with van der Waals surface area (Å²) in [7, 11) is 0. The van der Waals surface area contributed by atoms with Crippen molar-refractivity contribution in [2.45, 2.75) is 117 Å². The van der Waals surface area contributed by atoms with Gasteiger partial charge in [0.05, 0.1) is 46.2 Å². The van der Waals surface area contributed by atoms with E-state index in [0.717, 1.165) is 48.4 Å². The number of rotatable bonds is 21. The molecule has 23 nitrogen and oxygen atoms in total. The fraction of sp³-hybridized carbons (Fsp3) is 0.403. The summed E-state index contributed by atoms with van der Waals surface area (Å²) in [4.78, 5) is 132. The Hall–Kier alpha value is -9.87. The minimum absolute atomic E-state index is 0.0936. The van der Waals surface area contributed by atoms with Gasteiger partial charge < -0.3 is 43.8 Å². The number of carbonyl (C=O) groups is 9. The third kappa shape index (κ3) is 21.1. The number of imide groups is 2. The maximum absolute atomic E-state index is 13.4. The Bertz CT molecular complexity index is 3480. The molecule has 2 fully saturated rings. The zero-order valence-electron chi connectivity index (χ0n) is 55.0. The number of aromatic nitrogens is 2. The average Bonchev–Trinajstić information content (AvgIpc) is 1.70. The molecule has 0 bridgehead atoms. The number of ether oxygens (including phenoxy) is 4. The van der Waals surface area contributed by atoms with Crippen LogP contribution in [-0.2, 0) is 50.0 Å². The van der Waals surface area contributed by atoms with Crippen LogP contribution in [0, 0.1) is 0 Å². The molecule has 4 aliphatic rings. The summed E-state index contributed by atoms with van der Waals surface area (Å²) in [6.45, 7) is 16.6. The molecule has 8 amide bonds. The highest BCUT2D eigenvalue weighted by Gasteiger charge is 2.39. The lowest BCUT2D eigenvalue weighted by atomic mass is 10.1. The number of amides is 8. The highest BCUT2D eigenvalue weighted by atomic mass is 16.6. The van der Waals surface area contributed by atoms with Crippen molar-refractivity contribution in [2.24, 2.45) is 0 Å². The van der Waals surface area contributed by atoms with Crippen molar-refractivity contribution in [3.8, 4) is 0 Å². The number of hydrogen-bond acceptors (Lipinski definition) is 17. The number of unbranched alkanes of at least 4 members (excludes halogenated alkanes) is 2. The molecule has 4 aromatic carbocycles. The van der Waals surface area contributed by atoms with E-state index in [1.807, 2.05) is 118 Å². The number of nitrogens with one attached hydrogen (secondary N) is 1. The number of hydrogen-bond donors (Lipinski definition) is 1. The van der Waals surface area contributed by atoms with Gasteiger partial charge >= 0.3 is 24.4 Å². The minimum Gasteiger partial charge on any atom is -0.445 e. The Balaban J connectivity index is 0.000000202. The molecular formula is C72H86N10O13. The van der Waals surface area contributed by atoms with E-state index in [1.165, 1.54) is 19.6 Å². The van der Waals surface area contributed by atoms with Crippen molar-refractivity contribution < 1.29 is 62.1 Å². The minimum atomic E-state index is -0.743. The van der Waals surface area contributed by atoms with E-state index < -0.39 is 41.6 Å². The van der Waals surface area contributed by atoms with Crippen LogP contribution in [0.4, 0.5) is 19.2 Å². The highest BCUT2D eigenvalue weighted by Crippen LogP contribution is 2.26. The zero-order valence-corrected chi connectivity index (χ0v) is 55.0. The molecule has 2 atom stereocenters. The first-order valence-corrected chi connectivity index (χ1v) is 32.2. The predicted molar refractivity (Wildman–Crippen MR) is 353 cm³/mol. The van der Waals surface area contributed by atoms with Gasteiger partial charge in [-0.3, -0.25) is 48.7 Å². The van der Waals surface area contributed by atoms with Gasteiger partial charge in [0.1, 0.15) is 36.7 Å². The molecule has 0 saturated carbocycles. The van der Waals surface area contributed by atoms with E-state index in [0.29, 0.717) is 87.2 Å². The van der Waals surface area contributed by atoms with E-state index in [2.05, 4.69) is 20.2 Å². The quantitative estimate of drug-likeness (QED) is 0.0304. The van der Waals surface area contributed by atoms with Gasteiger partial charge in [-0.05, 0) is 140 Å². The third-order valence-corrected chi connectivity index (χ3v) is 15.7. The van der Waals surface area contributed by atoms with Crippen LogP contribution in [0.5, 0.6) is 0 Å². The Labute approximate surface area is 555 Å². The second-order valence-corrected chi connectivity index (χ2v) is 25.3. The Kier molecular flexibility index (Phi) is 25.7. The molecule has 2 saturated heterocycles. The molecule has 95 heavy (non-hydrogen) atoms. The third-order valence-electron chi connectivity index (χ3n) is 15.7. The summed E-state index contributed by atoms with van der Waals surface area (Å²) in [5.41, 5.74) is 4.27. The van der Waals surface area contributed by atoms with Crippen LogP contribution in [-0.4, -0.2) is 194 Å². The zero-order chi connectivity index (χ0) is 67.9. The van der Waals surface area contributed by atoms with Crippen molar-refractivity contribution >= 4 is 54.3 Å². The van der Waals surface area contributed by atoms with E-state index in [9.17, 15) is 43.2 Å². The monoisotopic (exact) mass is 1300 g/mol. The van der Waals surface area contributed by atoms with Crippen molar-refractivity contribution in [1.82, 2.24) is 49.6 Å². The summed E-state index contributed by atoms with van der Waals surface area (Å²) >= 11 is 0. The highest BCUT2D eigenvalue weighted by molar-refractivity contribution is 6.22. The molecule has 0 aliphatic carbocycles. The fourth-order valence-electron chi connectivity index (χ4n) is 11.0. The Morgan fingerprint density at radius 3 is 1.41 bits per heavy atom. The van der Waals surface area contributed by atoms with Crippen LogP contribution in [0.25, 0.3) is 0 Å². The van der Waals surface area contributed by atoms with E-state index in [4.69, 9.17) is 18.9 Å². The molecule has 6 heterocycles. The van der Waals surface area contributed by atoms with Crippen molar-refractivity contribution in [1.29, 1.82) is 0 Å². The van der Waals surface area contributed by atoms with Crippen LogP contribution >= 0.6 is 0 Å². The molecule has 0 radical (unpaired) electrons. The van der Waals surface area contributed by atoms with Crippen LogP contribution in [0.15, 0.2) is 158 Å². The second-order valence-electron chi connectivity index (χ2n) is 25.3. The predicted octanol–water partition coefficient (Wildman–Crippen LogP) is 9.91. The number of benzene rings is 4. The van der Waals surface area contributed by atoms with E-state index >= 15 is 0 Å². The van der Waals surface area contributed by atoms with Crippen molar-refractivity contribution in [2.75, 3.05) is 72.0 Å². The first-order chi connectivity index (χ1) is 45.7. The summed E-state index contributed by atoms with van der Waals surface area (Å²) in [5, 5.41) is 3.32. The van der Waals surface area contributed by atoms with Gasteiger partial charge in [-0.15, -0.1) is 0 Å². The lowest BCUT2D eigenvalue weighted by Crippen LogP contribution is -2.60. The number of nitrogens with zero attached hydrogens (tertiary/aromatic N) is 9. The van der Waals surface area contributed by atoms with Crippen LogP contribution in [0.1, 0.15) is 131 Å². The topological polar surface area (TPSA) is 251 Å². The molecule has 0 spiro atoms. The molecule has 23 heteroatoms. The Morgan fingerprint density at radius 1 is 0.516 bits per heavy atom. The fourth-order valence-corrected chi connectivity index (χ4v) is 11.0. The van der Waals surface area contributed by atoms with Crippen molar-refractivity contribution in [3.05, 3.63) is 203 Å².